The monoisotopic (exact) mass is 1020 g/mol. The molecule has 360 valence electrons. The fourth-order valence-corrected chi connectivity index (χ4v) is 6.15. The van der Waals surface area contributed by atoms with Crippen LogP contribution in [0.2, 0.25) is 5.02 Å². The zero-order valence-electron chi connectivity index (χ0n) is 29.4. The maximum atomic E-state index is 15.7. The largest absolute Gasteiger partial charge is 0.460 e. The van der Waals surface area contributed by atoms with Crippen LogP contribution in [-0.4, -0.2) is 68.3 Å². The second-order valence-electron chi connectivity index (χ2n) is 13.2. The van der Waals surface area contributed by atoms with Gasteiger partial charge in [0, 0.05) is 0 Å². The summed E-state index contributed by atoms with van der Waals surface area (Å²) in [4.78, 5) is 7.10. The minimum atomic E-state index is -7.57. The molecule has 0 aromatic carbocycles. The molecule has 3 aromatic rings. The second-order valence-corrected chi connectivity index (χ2v) is 13.6. The lowest BCUT2D eigenvalue weighted by molar-refractivity contribution is -0.359. The van der Waals surface area contributed by atoms with E-state index in [0.29, 0.717) is 0 Å². The van der Waals surface area contributed by atoms with Crippen molar-refractivity contribution in [1.29, 1.82) is 0 Å². The van der Waals surface area contributed by atoms with E-state index in [4.69, 9.17) is 11.6 Å². The fourth-order valence-electron chi connectivity index (χ4n) is 5.90. The quantitative estimate of drug-likeness (QED) is 0.152. The van der Waals surface area contributed by atoms with E-state index >= 15 is 35.1 Å². The molecule has 0 saturated carbocycles. The Kier molecular flexibility index (Phi) is 11.3. The highest BCUT2D eigenvalue weighted by molar-refractivity contribution is 6.34. The van der Waals surface area contributed by atoms with Crippen molar-refractivity contribution in [1.82, 2.24) is 19.9 Å². The van der Waals surface area contributed by atoms with E-state index in [1.807, 2.05) is 0 Å². The van der Waals surface area contributed by atoms with Crippen LogP contribution in [0.25, 0.3) is 46.4 Å². The highest BCUT2D eigenvalue weighted by atomic mass is 35.5. The number of fused-ring (bicyclic) bond motifs is 8. The van der Waals surface area contributed by atoms with Gasteiger partial charge in [0.1, 0.15) is 0 Å². The van der Waals surface area contributed by atoms with Crippen molar-refractivity contribution in [2.45, 2.75) is 72.1 Å². The summed E-state index contributed by atoms with van der Waals surface area (Å²) in [6, 6.07) is -1.58. The molecule has 0 fully saturated rings. The van der Waals surface area contributed by atoms with Crippen LogP contribution >= 0.6 is 11.6 Å². The van der Waals surface area contributed by atoms with E-state index in [1.54, 1.807) is 0 Å². The molecule has 0 radical (unpaired) electrons. The average molecular weight is 1020 g/mol. The summed E-state index contributed by atoms with van der Waals surface area (Å²) >= 11 is 5.60. The summed E-state index contributed by atoms with van der Waals surface area (Å²) in [5, 5.41) is -2.10. The molecule has 33 heteroatoms. The number of aromatic nitrogens is 4. The lowest BCUT2D eigenvalue weighted by Crippen LogP contribution is -2.50. The molecule has 2 aliphatic heterocycles. The van der Waals surface area contributed by atoms with E-state index in [0.717, 1.165) is 9.97 Å². The van der Waals surface area contributed by atoms with Crippen LogP contribution in [0.3, 0.4) is 0 Å². The van der Waals surface area contributed by atoms with Gasteiger partial charge in [-0.3, -0.25) is 0 Å². The Balaban J connectivity index is 2.26. The average Bonchev–Trinajstić information content (AvgIpc) is 3.93. The summed E-state index contributed by atoms with van der Waals surface area (Å²) in [7, 11) is 0. The molecule has 0 aliphatic carbocycles. The third-order valence-corrected chi connectivity index (χ3v) is 9.37. The first-order chi connectivity index (χ1) is 28.8. The summed E-state index contributed by atoms with van der Waals surface area (Å²) < 4.78 is 404. The highest BCUT2D eigenvalue weighted by Crippen LogP contribution is 2.59. The van der Waals surface area contributed by atoms with Crippen LogP contribution in [0.15, 0.2) is 18.2 Å². The molecule has 2 aliphatic rings. The van der Waals surface area contributed by atoms with Gasteiger partial charge in [0.2, 0.25) is 0 Å². The van der Waals surface area contributed by atoms with Crippen molar-refractivity contribution in [3.8, 4) is 0 Å². The van der Waals surface area contributed by atoms with E-state index in [9.17, 15) is 87.8 Å². The number of H-pyrrole nitrogens is 2. The second kappa shape index (κ2) is 14.5. The Bertz CT molecular complexity index is 2630. The summed E-state index contributed by atoms with van der Waals surface area (Å²) in [6.07, 6.45) is -32.1. The van der Waals surface area contributed by atoms with Gasteiger partial charge in [0.25, 0.3) is 0 Å². The van der Waals surface area contributed by atoms with Gasteiger partial charge in [-0.2, -0.15) is 123 Å². The lowest BCUT2D eigenvalue weighted by atomic mass is 9.99. The standard InChI is InChI=1S/C32H9ClF28N4/c33-8-7-15-18(23(38,39)27(46,47)31(56,57)58)13-4-3-11(63-13)16(21(34,35)25(42,43)29(50,51)52)9-1-2-10(62-9)17(22(36,37)26(44,45)30(53,54)55)12-5-6-14(64-12)19(20(8)65-15)24(40,41)28(48,49)32(59,60)61/h1-7,62,65H. The molecular formula is C32H9ClF28N4. The Morgan fingerprint density at radius 3 is 0.862 bits per heavy atom. The zero-order valence-corrected chi connectivity index (χ0v) is 30.2. The third-order valence-electron chi connectivity index (χ3n) is 9.08. The summed E-state index contributed by atoms with van der Waals surface area (Å²) in [5.74, 6) is -58.6. The first kappa shape index (κ1) is 50.9. The third kappa shape index (κ3) is 7.28. The minimum Gasteiger partial charge on any atom is -0.355 e. The van der Waals surface area contributed by atoms with Gasteiger partial charge in [-0.25, -0.2) is 9.97 Å². The fraction of sp³-hybridized carbons (Fsp3) is 0.375. The van der Waals surface area contributed by atoms with Crippen molar-refractivity contribution in [3.63, 3.8) is 0 Å². The molecule has 0 saturated heterocycles. The first-order valence-corrected chi connectivity index (χ1v) is 16.3. The Morgan fingerprint density at radius 2 is 0.585 bits per heavy atom. The number of aromatic amines is 2. The highest BCUT2D eigenvalue weighted by Gasteiger charge is 2.78. The van der Waals surface area contributed by atoms with Crippen molar-refractivity contribution in [3.05, 3.63) is 68.3 Å². The number of alkyl halides is 28. The number of halogens is 29. The van der Waals surface area contributed by atoms with Gasteiger partial charge < -0.3 is 9.97 Å². The van der Waals surface area contributed by atoms with Crippen LogP contribution in [0, 0.1) is 0 Å². The molecule has 2 N–H and O–H groups in total. The van der Waals surface area contributed by atoms with Crippen LogP contribution in [0.1, 0.15) is 45.0 Å². The Labute approximate surface area is 341 Å². The Morgan fingerprint density at radius 1 is 0.338 bits per heavy atom. The molecule has 8 bridgehead atoms. The molecule has 4 nitrogen and oxygen atoms in total. The molecule has 0 amide bonds. The molecule has 0 atom stereocenters. The van der Waals surface area contributed by atoms with Gasteiger partial charge in [0.05, 0.1) is 72.1 Å². The summed E-state index contributed by atoms with van der Waals surface area (Å²) in [5.41, 5.74) is -32.5. The number of rotatable bonds is 8. The predicted octanol–water partition coefficient (Wildman–Crippen LogP) is 14.5. The van der Waals surface area contributed by atoms with E-state index < -0.39 is 187 Å². The maximum absolute atomic E-state index is 15.7. The van der Waals surface area contributed by atoms with Gasteiger partial charge >= 0.3 is 72.1 Å². The molecule has 5 heterocycles. The van der Waals surface area contributed by atoms with E-state index in [-0.39, 0.29) is 0 Å². The number of hydrogen-bond donors (Lipinski definition) is 2. The minimum absolute atomic E-state index is 0.480. The van der Waals surface area contributed by atoms with Crippen LogP contribution in [0.4, 0.5) is 123 Å². The molecule has 0 unspecified atom stereocenters. The van der Waals surface area contributed by atoms with Gasteiger partial charge in [0.15, 0.2) is 0 Å². The van der Waals surface area contributed by atoms with Gasteiger partial charge in [-0.15, -0.1) is 0 Å². The molecule has 3 aromatic heterocycles. The zero-order chi connectivity index (χ0) is 50.3. The lowest BCUT2D eigenvalue weighted by Gasteiger charge is -2.29. The van der Waals surface area contributed by atoms with Crippen LogP contribution in [0.5, 0.6) is 0 Å². The van der Waals surface area contributed by atoms with Gasteiger partial charge in [-0.05, 0) is 42.5 Å². The van der Waals surface area contributed by atoms with E-state index in [2.05, 4.69) is 9.97 Å². The van der Waals surface area contributed by atoms with Gasteiger partial charge in [-0.1, -0.05) is 11.6 Å². The SMILES string of the molecule is FC(F)(F)C(F)(F)C(F)(F)c1c2nc(c(C(F)(F)C(F)(F)C(F)(F)F)c3cc(Cl)c([nH]3)c(C(F)(F)C(F)(F)C(F)(F)F)c3nc(c(C(F)(F)C(F)(F)C(F)(F)F)c4ccc1[nH]4)C=C3)C=C2. The maximum Gasteiger partial charge on any atom is 0.460 e. The molecule has 0 spiro atoms. The van der Waals surface area contributed by atoms with E-state index in [1.165, 1.54) is 0 Å². The topological polar surface area (TPSA) is 57.4 Å². The first-order valence-electron chi connectivity index (χ1n) is 15.9. The van der Waals surface area contributed by atoms with Crippen molar-refractivity contribution in [2.75, 3.05) is 0 Å². The van der Waals surface area contributed by atoms with Crippen molar-refractivity contribution < 1.29 is 123 Å². The van der Waals surface area contributed by atoms with Crippen LogP contribution in [-0.2, 0) is 23.7 Å². The Hall–Kier alpha value is -5.07. The van der Waals surface area contributed by atoms with Crippen LogP contribution < -0.4 is 0 Å². The number of nitrogens with zero attached hydrogens (tertiary/aromatic N) is 2. The smallest absolute Gasteiger partial charge is 0.355 e. The summed E-state index contributed by atoms with van der Waals surface area (Å²) in [6.45, 7) is 0. The molecule has 5 rings (SSSR count). The normalized spacial score (nSPS) is 15.6. The van der Waals surface area contributed by atoms with Crippen molar-refractivity contribution >= 4 is 58.0 Å². The number of hydrogen-bond acceptors (Lipinski definition) is 2. The molecular weight excluding hydrogens is 1010 g/mol. The molecule has 65 heavy (non-hydrogen) atoms. The number of nitrogens with one attached hydrogen (secondary N) is 2. The predicted molar refractivity (Wildman–Crippen MR) is 163 cm³/mol. The van der Waals surface area contributed by atoms with Crippen molar-refractivity contribution in [2.24, 2.45) is 0 Å².